The normalized spacial score (nSPS) is 20.0. The fraction of sp³-hybridized carbons (Fsp3) is 0.765. The van der Waals surface area contributed by atoms with Crippen molar-refractivity contribution in [2.45, 2.75) is 79.1 Å². The molecule has 1 aliphatic carbocycles. The lowest BCUT2D eigenvalue weighted by molar-refractivity contribution is 0.629. The van der Waals surface area contributed by atoms with E-state index in [1.807, 2.05) is 0 Å². The Balaban J connectivity index is 2.91. The summed E-state index contributed by atoms with van der Waals surface area (Å²) in [5, 5.41) is 0. The van der Waals surface area contributed by atoms with Gasteiger partial charge in [-0.15, -0.1) is 0 Å². The Bertz CT molecular complexity index is 280. The van der Waals surface area contributed by atoms with Crippen molar-refractivity contribution in [3.63, 3.8) is 0 Å². The molecule has 0 fully saturated rings. The zero-order chi connectivity index (χ0) is 12.7. The van der Waals surface area contributed by atoms with E-state index in [-0.39, 0.29) is 0 Å². The van der Waals surface area contributed by atoms with Crippen molar-refractivity contribution in [3.8, 4) is 0 Å². The molecule has 0 aromatic rings. The molecule has 0 saturated heterocycles. The molecule has 0 saturated carbocycles. The molecular weight excluding hydrogens is 204 g/mol. The lowest BCUT2D eigenvalue weighted by atomic mass is 9.90. The summed E-state index contributed by atoms with van der Waals surface area (Å²) in [4.78, 5) is 0. The highest BCUT2D eigenvalue weighted by molar-refractivity contribution is 5.44. The van der Waals surface area contributed by atoms with Crippen molar-refractivity contribution in [2.75, 3.05) is 0 Å². The highest BCUT2D eigenvalue weighted by atomic mass is 14.3. The van der Waals surface area contributed by atoms with E-state index in [9.17, 15) is 0 Å². The van der Waals surface area contributed by atoms with Gasteiger partial charge in [0.1, 0.15) is 0 Å². The van der Waals surface area contributed by atoms with Crippen LogP contribution in [0.25, 0.3) is 0 Å². The van der Waals surface area contributed by atoms with Crippen molar-refractivity contribution < 1.29 is 0 Å². The highest BCUT2D eigenvalue weighted by Crippen LogP contribution is 2.40. The first kappa shape index (κ1) is 14.5. The van der Waals surface area contributed by atoms with Crippen molar-refractivity contribution in [3.05, 3.63) is 22.8 Å². The second-order valence-corrected chi connectivity index (χ2v) is 5.34. The molecule has 0 aromatic heterocycles. The van der Waals surface area contributed by atoms with Crippen molar-refractivity contribution in [1.82, 2.24) is 0 Å². The fourth-order valence-corrected chi connectivity index (χ4v) is 3.12. The van der Waals surface area contributed by atoms with Crippen LogP contribution in [-0.4, -0.2) is 0 Å². The van der Waals surface area contributed by atoms with E-state index < -0.39 is 0 Å². The van der Waals surface area contributed by atoms with Crippen LogP contribution in [0.2, 0.25) is 0 Å². The molecule has 0 heterocycles. The maximum atomic E-state index is 2.60. The smallest absolute Gasteiger partial charge is 0.00115 e. The maximum absolute atomic E-state index is 2.60. The van der Waals surface area contributed by atoms with Gasteiger partial charge in [-0.1, -0.05) is 65.0 Å². The summed E-state index contributed by atoms with van der Waals surface area (Å²) < 4.78 is 0. The summed E-state index contributed by atoms with van der Waals surface area (Å²) >= 11 is 0. The van der Waals surface area contributed by atoms with E-state index >= 15 is 0 Å². The maximum Gasteiger partial charge on any atom is -0.00115 e. The van der Waals surface area contributed by atoms with Gasteiger partial charge in [0.2, 0.25) is 0 Å². The standard InChI is InChI=1S/C17H30/c1-5-9-14-13-15(10-6-2)17(12-8-4)16(14)11-7-3/h13-14H,5-12H2,1-4H3. The fourth-order valence-electron chi connectivity index (χ4n) is 3.12. The summed E-state index contributed by atoms with van der Waals surface area (Å²) in [6.07, 6.45) is 13.1. The van der Waals surface area contributed by atoms with Crippen LogP contribution in [0.3, 0.4) is 0 Å². The van der Waals surface area contributed by atoms with Crippen LogP contribution < -0.4 is 0 Å². The Hall–Kier alpha value is -0.520. The summed E-state index contributed by atoms with van der Waals surface area (Å²) in [5.74, 6) is 0.781. The van der Waals surface area contributed by atoms with E-state index in [2.05, 4.69) is 33.8 Å². The van der Waals surface area contributed by atoms with E-state index in [0.717, 1.165) is 5.92 Å². The van der Waals surface area contributed by atoms with Gasteiger partial charge in [-0.25, -0.2) is 0 Å². The molecular formula is C17H30. The molecule has 0 aromatic carbocycles. The number of hydrogen-bond acceptors (Lipinski definition) is 0. The first-order valence-corrected chi connectivity index (χ1v) is 7.71. The molecule has 0 radical (unpaired) electrons. The molecule has 0 amide bonds. The summed E-state index contributed by atoms with van der Waals surface area (Å²) in [7, 11) is 0. The predicted octanol–water partition coefficient (Wildman–Crippen LogP) is 6.04. The van der Waals surface area contributed by atoms with Crippen molar-refractivity contribution in [1.29, 1.82) is 0 Å². The van der Waals surface area contributed by atoms with Gasteiger partial charge in [0, 0.05) is 0 Å². The van der Waals surface area contributed by atoms with E-state index in [0.29, 0.717) is 0 Å². The van der Waals surface area contributed by atoms with Crippen LogP contribution >= 0.6 is 0 Å². The van der Waals surface area contributed by atoms with Crippen LogP contribution in [-0.2, 0) is 0 Å². The van der Waals surface area contributed by atoms with Gasteiger partial charge < -0.3 is 0 Å². The first-order valence-electron chi connectivity index (χ1n) is 7.71. The molecule has 0 N–H and O–H groups in total. The third kappa shape index (κ3) is 3.72. The Kier molecular flexibility index (Phi) is 6.62. The average Bonchev–Trinajstić information content (AvgIpc) is 2.61. The lowest BCUT2D eigenvalue weighted by Crippen LogP contribution is -1.99. The molecule has 0 spiro atoms. The van der Waals surface area contributed by atoms with Gasteiger partial charge in [0.25, 0.3) is 0 Å². The first-order chi connectivity index (χ1) is 8.28. The molecule has 1 unspecified atom stereocenters. The van der Waals surface area contributed by atoms with Gasteiger partial charge in [-0.2, -0.15) is 0 Å². The van der Waals surface area contributed by atoms with Crippen LogP contribution in [0, 0.1) is 5.92 Å². The predicted molar refractivity (Wildman–Crippen MR) is 78.2 cm³/mol. The van der Waals surface area contributed by atoms with Crippen molar-refractivity contribution in [2.24, 2.45) is 5.92 Å². The molecule has 98 valence electrons. The van der Waals surface area contributed by atoms with Crippen LogP contribution in [0.15, 0.2) is 22.8 Å². The Morgan fingerprint density at radius 2 is 1.47 bits per heavy atom. The second kappa shape index (κ2) is 7.74. The minimum Gasteiger partial charge on any atom is -0.0738 e. The number of rotatable bonds is 8. The summed E-state index contributed by atoms with van der Waals surface area (Å²) in [5.41, 5.74) is 5.23. The van der Waals surface area contributed by atoms with Gasteiger partial charge in [-0.05, 0) is 42.7 Å². The monoisotopic (exact) mass is 234 g/mol. The molecule has 17 heavy (non-hydrogen) atoms. The summed E-state index contributed by atoms with van der Waals surface area (Å²) in [6, 6.07) is 0. The molecule has 0 nitrogen and oxygen atoms in total. The van der Waals surface area contributed by atoms with Crippen LogP contribution in [0.1, 0.15) is 79.1 Å². The Labute approximate surface area is 108 Å². The van der Waals surface area contributed by atoms with Gasteiger partial charge in [0.05, 0.1) is 0 Å². The third-order valence-electron chi connectivity index (χ3n) is 3.76. The largest absolute Gasteiger partial charge is 0.0738 e. The highest BCUT2D eigenvalue weighted by Gasteiger charge is 2.23. The van der Waals surface area contributed by atoms with Crippen LogP contribution in [0.4, 0.5) is 0 Å². The topological polar surface area (TPSA) is 0 Å². The van der Waals surface area contributed by atoms with Crippen molar-refractivity contribution >= 4 is 0 Å². The molecule has 1 aliphatic rings. The Morgan fingerprint density at radius 3 is 2.00 bits per heavy atom. The lowest BCUT2D eigenvalue weighted by Gasteiger charge is -2.15. The average molecular weight is 234 g/mol. The van der Waals surface area contributed by atoms with E-state index in [1.165, 1.54) is 51.4 Å². The Morgan fingerprint density at radius 1 is 0.824 bits per heavy atom. The third-order valence-corrected chi connectivity index (χ3v) is 3.76. The zero-order valence-corrected chi connectivity index (χ0v) is 12.3. The number of allylic oxidation sites excluding steroid dienone is 4. The van der Waals surface area contributed by atoms with E-state index in [4.69, 9.17) is 0 Å². The molecule has 0 aliphatic heterocycles. The summed E-state index contributed by atoms with van der Waals surface area (Å²) in [6.45, 7) is 9.25. The molecule has 0 heteroatoms. The molecule has 0 bridgehead atoms. The van der Waals surface area contributed by atoms with Gasteiger partial charge in [0.15, 0.2) is 0 Å². The molecule has 1 atom stereocenters. The minimum atomic E-state index is 0.781. The van der Waals surface area contributed by atoms with Crippen LogP contribution in [0.5, 0.6) is 0 Å². The van der Waals surface area contributed by atoms with Gasteiger partial charge in [-0.3, -0.25) is 0 Å². The molecule has 1 rings (SSSR count). The SMILES string of the molecule is CCCC1=CC(CCC)C(CCC)=C1CCC. The quantitative estimate of drug-likeness (QED) is 0.480. The second-order valence-electron chi connectivity index (χ2n) is 5.34. The van der Waals surface area contributed by atoms with Gasteiger partial charge >= 0.3 is 0 Å². The van der Waals surface area contributed by atoms with E-state index in [1.54, 1.807) is 16.7 Å². The number of hydrogen-bond donors (Lipinski definition) is 0. The minimum absolute atomic E-state index is 0.781. The zero-order valence-electron chi connectivity index (χ0n) is 12.3.